The molecule has 1 N–H and O–H groups in total. The van der Waals surface area contributed by atoms with Gasteiger partial charge in [-0.3, -0.25) is 14.5 Å². The number of furan rings is 1. The number of ketones is 1. The summed E-state index contributed by atoms with van der Waals surface area (Å²) >= 11 is 12.5. The molecule has 164 valence electrons. The third-order valence-corrected chi connectivity index (χ3v) is 6.09. The zero-order valence-electron chi connectivity index (χ0n) is 16.7. The first-order chi connectivity index (χ1) is 15.0. The minimum absolute atomic E-state index is 0.0413. The highest BCUT2D eigenvalue weighted by molar-refractivity contribution is 6.35. The molecule has 0 aliphatic carbocycles. The molecule has 9 heteroatoms. The molecule has 0 unspecified atom stereocenters. The van der Waals surface area contributed by atoms with Crippen LogP contribution < -0.4 is 0 Å². The lowest BCUT2D eigenvalue weighted by atomic mass is 9.95. The van der Waals surface area contributed by atoms with Crippen LogP contribution in [0.4, 0.5) is 0 Å². The van der Waals surface area contributed by atoms with E-state index in [9.17, 15) is 14.7 Å². The lowest BCUT2D eigenvalue weighted by Gasteiger charge is -2.30. The van der Waals surface area contributed by atoms with Gasteiger partial charge in [-0.05, 0) is 36.2 Å². The van der Waals surface area contributed by atoms with E-state index in [4.69, 9.17) is 32.4 Å². The Morgan fingerprint density at radius 2 is 1.94 bits per heavy atom. The fourth-order valence-corrected chi connectivity index (χ4v) is 4.50. The fourth-order valence-electron chi connectivity index (χ4n) is 3.99. The second-order valence-electron chi connectivity index (χ2n) is 7.44. The maximum absolute atomic E-state index is 13.1. The highest BCUT2D eigenvalue weighted by Crippen LogP contribution is 2.42. The Labute approximate surface area is 189 Å². The minimum atomic E-state index is -0.834. The number of halogens is 2. The van der Waals surface area contributed by atoms with Crippen molar-refractivity contribution in [1.82, 2.24) is 9.80 Å². The smallest absolute Gasteiger partial charge is 0.290 e. The summed E-state index contributed by atoms with van der Waals surface area (Å²) in [7, 11) is 0. The van der Waals surface area contributed by atoms with Crippen molar-refractivity contribution in [1.29, 1.82) is 0 Å². The Morgan fingerprint density at radius 1 is 1.16 bits per heavy atom. The first-order valence-corrected chi connectivity index (χ1v) is 10.8. The summed E-state index contributed by atoms with van der Waals surface area (Å²) in [4.78, 5) is 29.8. The number of hydrogen-bond donors (Lipinski definition) is 1. The normalized spacial score (nSPS) is 20.0. The van der Waals surface area contributed by atoms with Gasteiger partial charge in [0, 0.05) is 36.2 Å². The van der Waals surface area contributed by atoms with Crippen LogP contribution >= 0.6 is 23.2 Å². The number of ether oxygens (including phenoxy) is 1. The summed E-state index contributed by atoms with van der Waals surface area (Å²) in [6, 6.07) is 7.11. The Hall–Kier alpha value is -2.32. The number of carbonyl (C=O) groups is 2. The summed E-state index contributed by atoms with van der Waals surface area (Å²) in [5.74, 6) is -1.70. The van der Waals surface area contributed by atoms with E-state index in [1.807, 2.05) is 0 Å². The van der Waals surface area contributed by atoms with Gasteiger partial charge in [-0.25, -0.2) is 0 Å². The molecule has 1 amide bonds. The second-order valence-corrected chi connectivity index (χ2v) is 8.29. The maximum atomic E-state index is 13.1. The van der Waals surface area contributed by atoms with E-state index in [1.165, 1.54) is 17.2 Å². The molecule has 31 heavy (non-hydrogen) atoms. The molecule has 0 spiro atoms. The molecule has 0 radical (unpaired) electrons. The highest BCUT2D eigenvalue weighted by atomic mass is 35.5. The van der Waals surface area contributed by atoms with E-state index in [1.54, 1.807) is 24.3 Å². The SMILES string of the molecule is O=C(C1=C(O)C(=O)N(CCCN2CCOCC2)[C@@H]1c1ccc(Cl)cc1Cl)c1ccco1. The number of nitrogens with zero attached hydrogens (tertiary/aromatic N) is 2. The number of carbonyl (C=O) groups excluding carboxylic acids is 2. The fraction of sp³-hybridized carbons (Fsp3) is 0.364. The van der Waals surface area contributed by atoms with Gasteiger partial charge in [0.1, 0.15) is 0 Å². The van der Waals surface area contributed by atoms with E-state index in [0.29, 0.717) is 41.8 Å². The van der Waals surface area contributed by atoms with Gasteiger partial charge in [-0.15, -0.1) is 0 Å². The zero-order chi connectivity index (χ0) is 22.0. The third-order valence-electron chi connectivity index (χ3n) is 5.53. The Morgan fingerprint density at radius 3 is 2.61 bits per heavy atom. The number of morpholine rings is 1. The molecule has 1 aromatic heterocycles. The highest BCUT2D eigenvalue weighted by Gasteiger charge is 2.44. The summed E-state index contributed by atoms with van der Waals surface area (Å²) < 4.78 is 10.6. The first-order valence-electron chi connectivity index (χ1n) is 10.0. The lowest BCUT2D eigenvalue weighted by Crippen LogP contribution is -2.39. The minimum Gasteiger partial charge on any atom is -0.503 e. The molecule has 0 bridgehead atoms. The van der Waals surface area contributed by atoms with Crippen LogP contribution in [0, 0.1) is 0 Å². The molecule has 1 fully saturated rings. The van der Waals surface area contributed by atoms with Crippen molar-refractivity contribution >= 4 is 34.9 Å². The van der Waals surface area contributed by atoms with Crippen LogP contribution in [-0.4, -0.2) is 66.0 Å². The van der Waals surface area contributed by atoms with E-state index < -0.39 is 23.5 Å². The van der Waals surface area contributed by atoms with Crippen molar-refractivity contribution in [2.75, 3.05) is 39.4 Å². The van der Waals surface area contributed by atoms with Crippen molar-refractivity contribution in [2.45, 2.75) is 12.5 Å². The van der Waals surface area contributed by atoms with E-state index in [0.717, 1.165) is 19.6 Å². The lowest BCUT2D eigenvalue weighted by molar-refractivity contribution is -0.129. The van der Waals surface area contributed by atoms with Crippen molar-refractivity contribution in [3.8, 4) is 0 Å². The van der Waals surface area contributed by atoms with Gasteiger partial charge in [0.25, 0.3) is 5.91 Å². The molecule has 4 rings (SSSR count). The van der Waals surface area contributed by atoms with Gasteiger partial charge in [-0.1, -0.05) is 29.3 Å². The molecular weight excluding hydrogens is 443 g/mol. The van der Waals surface area contributed by atoms with Gasteiger partial charge < -0.3 is 19.2 Å². The van der Waals surface area contributed by atoms with Crippen LogP contribution in [0.5, 0.6) is 0 Å². The van der Waals surface area contributed by atoms with E-state index in [-0.39, 0.29) is 11.3 Å². The molecule has 2 aromatic rings. The van der Waals surface area contributed by atoms with Crippen molar-refractivity contribution < 1.29 is 23.8 Å². The third kappa shape index (κ3) is 4.50. The zero-order valence-corrected chi connectivity index (χ0v) is 18.2. The molecule has 2 aliphatic rings. The molecule has 1 atom stereocenters. The molecule has 2 aliphatic heterocycles. The molecule has 3 heterocycles. The van der Waals surface area contributed by atoms with Crippen LogP contribution in [0.25, 0.3) is 0 Å². The van der Waals surface area contributed by atoms with Gasteiger partial charge in [-0.2, -0.15) is 0 Å². The van der Waals surface area contributed by atoms with Crippen LogP contribution in [0.1, 0.15) is 28.6 Å². The molecule has 7 nitrogen and oxygen atoms in total. The quantitative estimate of drug-likeness (QED) is 0.625. The molecule has 1 saturated heterocycles. The van der Waals surface area contributed by atoms with Gasteiger partial charge >= 0.3 is 0 Å². The number of amides is 1. The number of Topliss-reactive ketones (excluding diaryl/α,β-unsaturated/α-hetero) is 1. The van der Waals surface area contributed by atoms with Gasteiger partial charge in [0.15, 0.2) is 11.5 Å². The number of benzene rings is 1. The largest absolute Gasteiger partial charge is 0.503 e. The number of aliphatic hydroxyl groups excluding tert-OH is 1. The monoisotopic (exact) mass is 464 g/mol. The predicted octanol–water partition coefficient (Wildman–Crippen LogP) is 3.89. The Kier molecular flexibility index (Phi) is 6.67. The average molecular weight is 465 g/mol. The van der Waals surface area contributed by atoms with Crippen LogP contribution in [0.2, 0.25) is 10.0 Å². The summed E-state index contributed by atoms with van der Waals surface area (Å²) in [6.45, 7) is 4.18. The standard InChI is InChI=1S/C22H22Cl2N2O5/c23-14-4-5-15(16(24)13-14)19-18(20(27)17-3-1-10-31-17)21(28)22(29)26(19)7-2-6-25-8-11-30-12-9-25/h1,3-5,10,13,19,28H,2,6-9,11-12H2/t19-/m1/s1. The summed E-state index contributed by atoms with van der Waals surface area (Å²) in [6.07, 6.45) is 2.04. The maximum Gasteiger partial charge on any atom is 0.290 e. The number of hydrogen-bond acceptors (Lipinski definition) is 6. The van der Waals surface area contributed by atoms with Crippen molar-refractivity contribution in [3.05, 3.63) is 69.3 Å². The first kappa shape index (κ1) is 21.9. The van der Waals surface area contributed by atoms with E-state index in [2.05, 4.69) is 4.90 Å². The summed E-state index contributed by atoms with van der Waals surface area (Å²) in [5, 5.41) is 11.4. The molecule has 0 saturated carbocycles. The van der Waals surface area contributed by atoms with Gasteiger partial charge in [0.2, 0.25) is 5.78 Å². The number of aliphatic hydroxyl groups is 1. The van der Waals surface area contributed by atoms with Crippen LogP contribution in [0.15, 0.2) is 52.3 Å². The van der Waals surface area contributed by atoms with E-state index >= 15 is 0 Å². The van der Waals surface area contributed by atoms with Crippen LogP contribution in [0.3, 0.4) is 0 Å². The molecular formula is C22H22Cl2N2O5. The van der Waals surface area contributed by atoms with Gasteiger partial charge in [0.05, 0.1) is 31.1 Å². The number of rotatable bonds is 7. The Balaban J connectivity index is 1.63. The van der Waals surface area contributed by atoms with Crippen molar-refractivity contribution in [3.63, 3.8) is 0 Å². The van der Waals surface area contributed by atoms with Crippen LogP contribution in [-0.2, 0) is 9.53 Å². The summed E-state index contributed by atoms with van der Waals surface area (Å²) in [5.41, 5.74) is 0.472. The average Bonchev–Trinajstić information content (AvgIpc) is 3.38. The predicted molar refractivity (Wildman–Crippen MR) is 115 cm³/mol. The van der Waals surface area contributed by atoms with Crippen molar-refractivity contribution in [2.24, 2.45) is 0 Å². The molecule has 1 aromatic carbocycles. The second kappa shape index (κ2) is 9.44. The Bertz CT molecular complexity index is 999. The topological polar surface area (TPSA) is 83.2 Å².